The van der Waals surface area contributed by atoms with Gasteiger partial charge in [0.2, 0.25) is 0 Å². The Morgan fingerprint density at radius 1 is 1.24 bits per heavy atom. The average Bonchev–Trinajstić information content (AvgIpc) is 3.16. The maximum absolute atomic E-state index is 10.1. The van der Waals surface area contributed by atoms with E-state index < -0.39 is 10.1 Å². The lowest BCUT2D eigenvalue weighted by Gasteiger charge is -2.59. The number of fused-ring (bicyclic) bond motifs is 1. The predicted molar refractivity (Wildman–Crippen MR) is 110 cm³/mol. The molecule has 29 heavy (non-hydrogen) atoms. The number of benzene rings is 1. The number of likely N-dealkylation sites (tertiary alicyclic amines) is 1. The minimum absolute atomic E-state index is 0.308. The Labute approximate surface area is 172 Å². The molecule has 2 fully saturated rings. The molecule has 6 nitrogen and oxygen atoms in total. The van der Waals surface area contributed by atoms with E-state index in [1.165, 1.54) is 48.8 Å². The van der Waals surface area contributed by atoms with Crippen LogP contribution in [0.25, 0.3) is 0 Å². The van der Waals surface area contributed by atoms with Crippen molar-refractivity contribution in [2.45, 2.75) is 56.5 Å². The van der Waals surface area contributed by atoms with Gasteiger partial charge in [0.15, 0.2) is 0 Å². The monoisotopic (exact) mass is 419 g/mol. The Morgan fingerprint density at radius 2 is 2.03 bits per heavy atom. The topological polar surface area (TPSA) is 91.0 Å². The molecule has 1 aromatic heterocycles. The van der Waals surface area contributed by atoms with Crippen molar-refractivity contribution in [2.24, 2.45) is 5.92 Å². The zero-order chi connectivity index (χ0) is 20.6. The SMILES string of the molecule is CS(=O)(=O)O.Oc1ccc2c(c1)[C@]13CCCC[C@H]1[C@H](C2)N(Cc1ccoc1)CC3. The third-order valence-electron chi connectivity index (χ3n) is 6.90. The Hall–Kier alpha value is -1.83. The molecule has 1 aliphatic heterocycles. The lowest BCUT2D eigenvalue weighted by atomic mass is 9.52. The first-order valence-electron chi connectivity index (χ1n) is 10.3. The summed E-state index contributed by atoms with van der Waals surface area (Å²) in [6.07, 6.45) is 12.1. The largest absolute Gasteiger partial charge is 0.508 e. The number of furan rings is 1. The van der Waals surface area contributed by atoms with Crippen LogP contribution >= 0.6 is 0 Å². The smallest absolute Gasteiger partial charge is 0.261 e. The molecule has 3 aliphatic rings. The van der Waals surface area contributed by atoms with Gasteiger partial charge in [0.25, 0.3) is 10.1 Å². The molecule has 0 unspecified atom stereocenters. The highest BCUT2D eigenvalue weighted by Gasteiger charge is 2.53. The first-order valence-corrected chi connectivity index (χ1v) is 12.1. The van der Waals surface area contributed by atoms with E-state index in [0.29, 0.717) is 23.5 Å². The van der Waals surface area contributed by atoms with Crippen molar-refractivity contribution in [2.75, 3.05) is 12.8 Å². The molecule has 5 rings (SSSR count). The summed E-state index contributed by atoms with van der Waals surface area (Å²) in [6, 6.07) is 8.85. The van der Waals surface area contributed by atoms with E-state index in [-0.39, 0.29) is 0 Å². The fourth-order valence-electron chi connectivity index (χ4n) is 5.89. The average molecular weight is 420 g/mol. The standard InChI is InChI=1S/C21H25NO2.CH4O3S/c23-17-5-4-16-11-20-18-3-1-2-7-21(18,19(16)12-17)8-9-22(20)13-15-6-10-24-14-15;1-5(2,3)4/h4-6,10,12,14,18,20,23H,1-3,7-9,11,13H2;1H3,(H,2,3,4)/t18-,20-,21-;/m0./s1. The molecule has 0 spiro atoms. The molecule has 2 bridgehead atoms. The van der Waals surface area contributed by atoms with Crippen LogP contribution in [0.4, 0.5) is 0 Å². The number of phenolic OH excluding ortho intramolecular Hbond substituents is 1. The molecule has 2 heterocycles. The summed E-state index contributed by atoms with van der Waals surface area (Å²) >= 11 is 0. The first kappa shape index (κ1) is 20.4. The van der Waals surface area contributed by atoms with E-state index in [0.717, 1.165) is 25.4 Å². The highest BCUT2D eigenvalue weighted by molar-refractivity contribution is 7.85. The Bertz CT molecular complexity index is 948. The molecule has 2 aliphatic carbocycles. The van der Waals surface area contributed by atoms with Crippen LogP contribution in [0.15, 0.2) is 41.2 Å². The van der Waals surface area contributed by atoms with E-state index in [1.54, 1.807) is 6.26 Å². The molecule has 2 aromatic rings. The molecule has 7 heteroatoms. The third kappa shape index (κ3) is 4.22. The summed E-state index contributed by atoms with van der Waals surface area (Å²) in [5.74, 6) is 1.17. The van der Waals surface area contributed by atoms with Gasteiger partial charge < -0.3 is 9.52 Å². The third-order valence-corrected chi connectivity index (χ3v) is 6.90. The fourth-order valence-corrected chi connectivity index (χ4v) is 5.89. The summed E-state index contributed by atoms with van der Waals surface area (Å²) in [6.45, 7) is 2.16. The number of hydrogen-bond donors (Lipinski definition) is 2. The number of aromatic hydroxyl groups is 1. The van der Waals surface area contributed by atoms with E-state index in [4.69, 9.17) is 8.97 Å². The van der Waals surface area contributed by atoms with E-state index in [2.05, 4.69) is 23.1 Å². The summed E-state index contributed by atoms with van der Waals surface area (Å²) in [4.78, 5) is 2.69. The molecule has 1 saturated carbocycles. The highest BCUT2D eigenvalue weighted by Crippen LogP contribution is 2.56. The van der Waals surface area contributed by atoms with Gasteiger partial charge in [0, 0.05) is 23.6 Å². The van der Waals surface area contributed by atoms with Gasteiger partial charge in [-0.1, -0.05) is 18.9 Å². The molecular weight excluding hydrogens is 390 g/mol. The number of nitrogens with zero attached hydrogens (tertiary/aromatic N) is 1. The first-order chi connectivity index (χ1) is 13.8. The van der Waals surface area contributed by atoms with Gasteiger partial charge in [-0.3, -0.25) is 9.45 Å². The van der Waals surface area contributed by atoms with Crippen LogP contribution in [-0.4, -0.2) is 41.8 Å². The zero-order valence-corrected chi connectivity index (χ0v) is 17.6. The molecule has 1 saturated heterocycles. The summed E-state index contributed by atoms with van der Waals surface area (Å²) in [5, 5.41) is 10.1. The van der Waals surface area contributed by atoms with Gasteiger partial charge in [-0.2, -0.15) is 8.42 Å². The van der Waals surface area contributed by atoms with Crippen LogP contribution in [0.1, 0.15) is 48.8 Å². The second-order valence-corrected chi connectivity index (χ2v) is 10.2. The van der Waals surface area contributed by atoms with Crippen molar-refractivity contribution in [3.63, 3.8) is 0 Å². The minimum Gasteiger partial charge on any atom is -0.508 e. The van der Waals surface area contributed by atoms with Crippen LogP contribution in [0.2, 0.25) is 0 Å². The molecule has 3 atom stereocenters. The van der Waals surface area contributed by atoms with Crippen LogP contribution in [0.5, 0.6) is 5.75 Å². The lowest BCUT2D eigenvalue weighted by Crippen LogP contribution is -2.60. The predicted octanol–water partition coefficient (Wildman–Crippen LogP) is 3.75. The normalized spacial score (nSPS) is 28.6. The highest BCUT2D eigenvalue weighted by atomic mass is 32.2. The van der Waals surface area contributed by atoms with E-state index in [1.807, 2.05) is 12.3 Å². The maximum atomic E-state index is 10.1. The van der Waals surface area contributed by atoms with Crippen molar-refractivity contribution in [3.8, 4) is 5.75 Å². The van der Waals surface area contributed by atoms with Gasteiger partial charge in [0.1, 0.15) is 5.75 Å². The van der Waals surface area contributed by atoms with Crippen molar-refractivity contribution >= 4 is 10.1 Å². The van der Waals surface area contributed by atoms with Crippen LogP contribution in [0, 0.1) is 5.92 Å². The number of phenols is 1. The van der Waals surface area contributed by atoms with E-state index >= 15 is 0 Å². The maximum Gasteiger partial charge on any atom is 0.261 e. The zero-order valence-electron chi connectivity index (χ0n) is 16.8. The lowest BCUT2D eigenvalue weighted by molar-refractivity contribution is -0.0158. The number of hydrogen-bond acceptors (Lipinski definition) is 5. The quantitative estimate of drug-likeness (QED) is 0.721. The second kappa shape index (κ2) is 7.78. The van der Waals surface area contributed by atoms with Crippen LogP contribution < -0.4 is 0 Å². The molecule has 0 radical (unpaired) electrons. The molecule has 1 aromatic carbocycles. The summed E-state index contributed by atoms with van der Waals surface area (Å²) in [5.41, 5.74) is 4.52. The van der Waals surface area contributed by atoms with Crippen molar-refractivity contribution in [1.29, 1.82) is 0 Å². The van der Waals surface area contributed by atoms with E-state index in [9.17, 15) is 13.5 Å². The summed E-state index contributed by atoms with van der Waals surface area (Å²) < 4.78 is 31.1. The Morgan fingerprint density at radius 3 is 2.76 bits per heavy atom. The van der Waals surface area contributed by atoms with Crippen LogP contribution in [0.3, 0.4) is 0 Å². The minimum atomic E-state index is -3.67. The summed E-state index contributed by atoms with van der Waals surface area (Å²) in [7, 11) is -3.67. The van der Waals surface area contributed by atoms with Crippen LogP contribution in [-0.2, 0) is 28.5 Å². The Balaban J connectivity index is 0.000000369. The van der Waals surface area contributed by atoms with Gasteiger partial charge in [-0.05, 0) is 67.5 Å². The number of piperidine rings is 1. The number of rotatable bonds is 2. The van der Waals surface area contributed by atoms with Gasteiger partial charge in [-0.25, -0.2) is 0 Å². The van der Waals surface area contributed by atoms with Crippen molar-refractivity contribution in [3.05, 3.63) is 53.5 Å². The molecule has 0 amide bonds. The van der Waals surface area contributed by atoms with Gasteiger partial charge >= 0.3 is 0 Å². The molecule has 2 N–H and O–H groups in total. The second-order valence-electron chi connectivity index (χ2n) is 8.71. The van der Waals surface area contributed by atoms with Crippen molar-refractivity contribution in [1.82, 2.24) is 4.90 Å². The fraction of sp³-hybridized carbons (Fsp3) is 0.545. The van der Waals surface area contributed by atoms with Gasteiger partial charge in [0.05, 0.1) is 18.8 Å². The van der Waals surface area contributed by atoms with Crippen molar-refractivity contribution < 1.29 is 22.5 Å². The molecule has 158 valence electrons. The molecular formula is C22H29NO5S. The Kier molecular flexibility index (Phi) is 5.48. The van der Waals surface area contributed by atoms with Gasteiger partial charge in [-0.15, -0.1) is 0 Å².